The Morgan fingerprint density at radius 2 is 1.77 bits per heavy atom. The summed E-state index contributed by atoms with van der Waals surface area (Å²) < 4.78 is 27.5. The van der Waals surface area contributed by atoms with Crippen molar-refractivity contribution in [3.63, 3.8) is 0 Å². The molecule has 26 heavy (non-hydrogen) atoms. The van der Waals surface area contributed by atoms with Crippen LogP contribution in [-0.4, -0.2) is 32.8 Å². The molecule has 1 unspecified atom stereocenters. The van der Waals surface area contributed by atoms with Gasteiger partial charge in [-0.3, -0.25) is 4.79 Å². The Hall–Kier alpha value is -2.18. The number of rotatable bonds is 7. The molecule has 1 N–H and O–H groups in total. The van der Waals surface area contributed by atoms with Gasteiger partial charge in [-0.15, -0.1) is 0 Å². The van der Waals surface area contributed by atoms with Gasteiger partial charge in [0, 0.05) is 20.0 Å². The fraction of sp³-hybridized carbons (Fsp3) is 0.350. The number of carbonyl (C=O) groups excluding carboxylic acids is 1. The van der Waals surface area contributed by atoms with Crippen molar-refractivity contribution in [2.45, 2.75) is 38.1 Å². The van der Waals surface area contributed by atoms with E-state index in [-0.39, 0.29) is 29.8 Å². The third kappa shape index (κ3) is 4.93. The van der Waals surface area contributed by atoms with Crippen LogP contribution in [0.25, 0.3) is 0 Å². The molecule has 0 aliphatic rings. The maximum absolute atomic E-state index is 12.5. The third-order valence-corrected chi connectivity index (χ3v) is 6.12. The Balaban J connectivity index is 1.96. The largest absolute Gasteiger partial charge is 0.339 e. The molecular formula is C20H26N2O3S. The zero-order valence-corrected chi connectivity index (χ0v) is 16.5. The average molecular weight is 375 g/mol. The van der Waals surface area contributed by atoms with E-state index in [4.69, 9.17) is 0 Å². The van der Waals surface area contributed by atoms with E-state index in [1.54, 1.807) is 31.0 Å². The Bertz CT molecular complexity index is 864. The van der Waals surface area contributed by atoms with Crippen LogP contribution in [0.5, 0.6) is 0 Å². The zero-order chi connectivity index (χ0) is 19.3. The summed E-state index contributed by atoms with van der Waals surface area (Å²) >= 11 is 0. The van der Waals surface area contributed by atoms with E-state index in [9.17, 15) is 13.2 Å². The highest BCUT2D eigenvalue weighted by atomic mass is 32.2. The molecule has 0 fully saturated rings. The Labute approximate surface area is 156 Å². The fourth-order valence-electron chi connectivity index (χ4n) is 2.71. The third-order valence-electron chi connectivity index (χ3n) is 4.52. The van der Waals surface area contributed by atoms with E-state index >= 15 is 0 Å². The van der Waals surface area contributed by atoms with E-state index in [0.29, 0.717) is 5.56 Å². The van der Waals surface area contributed by atoms with Gasteiger partial charge in [0.15, 0.2) is 0 Å². The average Bonchev–Trinajstić information content (AvgIpc) is 2.62. The number of nitrogens with one attached hydrogen (secondary N) is 1. The molecule has 0 bridgehead atoms. The Morgan fingerprint density at radius 1 is 1.12 bits per heavy atom. The lowest BCUT2D eigenvalue weighted by Crippen LogP contribution is -2.33. The molecule has 0 aliphatic heterocycles. The number of amides is 1. The SMILES string of the molecule is Cc1ccc(C)c(S(=O)(=O)NCCC(=O)N(C)C(C)c2ccccc2)c1. The van der Waals surface area contributed by atoms with Crippen LogP contribution in [0.3, 0.4) is 0 Å². The highest BCUT2D eigenvalue weighted by molar-refractivity contribution is 7.89. The van der Waals surface area contributed by atoms with E-state index in [1.807, 2.05) is 50.2 Å². The number of benzene rings is 2. The molecule has 0 aliphatic carbocycles. The summed E-state index contributed by atoms with van der Waals surface area (Å²) in [6, 6.07) is 15.0. The van der Waals surface area contributed by atoms with Gasteiger partial charge in [0.25, 0.3) is 0 Å². The normalized spacial score (nSPS) is 12.6. The lowest BCUT2D eigenvalue weighted by molar-refractivity contribution is -0.131. The number of aryl methyl sites for hydroxylation is 2. The number of hydrogen-bond acceptors (Lipinski definition) is 3. The first-order valence-electron chi connectivity index (χ1n) is 8.60. The molecule has 0 radical (unpaired) electrons. The van der Waals surface area contributed by atoms with E-state index in [2.05, 4.69) is 4.72 Å². The molecule has 1 atom stereocenters. The monoisotopic (exact) mass is 374 g/mol. The summed E-state index contributed by atoms with van der Waals surface area (Å²) in [4.78, 5) is 14.3. The van der Waals surface area contributed by atoms with Crippen LogP contribution >= 0.6 is 0 Å². The molecule has 5 nitrogen and oxygen atoms in total. The minimum absolute atomic E-state index is 0.0698. The highest BCUT2D eigenvalue weighted by Crippen LogP contribution is 2.19. The summed E-state index contributed by atoms with van der Waals surface area (Å²) in [5.74, 6) is -0.106. The predicted octanol–water partition coefficient (Wildman–Crippen LogP) is 3.19. The minimum Gasteiger partial charge on any atom is -0.339 e. The molecule has 140 valence electrons. The number of sulfonamides is 1. The zero-order valence-electron chi connectivity index (χ0n) is 15.7. The molecule has 2 aromatic carbocycles. The Morgan fingerprint density at radius 3 is 2.42 bits per heavy atom. The van der Waals surface area contributed by atoms with Crippen LogP contribution < -0.4 is 4.72 Å². The number of hydrogen-bond donors (Lipinski definition) is 1. The van der Waals surface area contributed by atoms with E-state index < -0.39 is 10.0 Å². The van der Waals surface area contributed by atoms with Gasteiger partial charge in [-0.05, 0) is 43.5 Å². The van der Waals surface area contributed by atoms with Gasteiger partial charge in [0.1, 0.15) is 0 Å². The molecule has 0 aromatic heterocycles. The van der Waals surface area contributed by atoms with Gasteiger partial charge in [0.2, 0.25) is 15.9 Å². The van der Waals surface area contributed by atoms with Gasteiger partial charge in [-0.1, -0.05) is 42.5 Å². The number of nitrogens with zero attached hydrogens (tertiary/aromatic N) is 1. The lowest BCUT2D eigenvalue weighted by Gasteiger charge is -2.25. The summed E-state index contributed by atoms with van der Waals surface area (Å²) in [5, 5.41) is 0. The predicted molar refractivity (Wildman–Crippen MR) is 103 cm³/mol. The standard InChI is InChI=1S/C20H26N2O3S/c1-15-10-11-16(2)19(14-15)26(24,25)21-13-12-20(23)22(4)17(3)18-8-6-5-7-9-18/h5-11,14,17,21H,12-13H2,1-4H3. The van der Waals surface area contributed by atoms with Crippen LogP contribution in [0.1, 0.15) is 36.1 Å². The molecule has 0 heterocycles. The minimum atomic E-state index is -3.63. The topological polar surface area (TPSA) is 66.5 Å². The highest BCUT2D eigenvalue weighted by Gasteiger charge is 2.20. The van der Waals surface area contributed by atoms with Crippen LogP contribution in [0.2, 0.25) is 0 Å². The van der Waals surface area contributed by atoms with Crippen molar-refractivity contribution in [3.05, 3.63) is 65.2 Å². The van der Waals surface area contributed by atoms with Gasteiger partial charge >= 0.3 is 0 Å². The van der Waals surface area contributed by atoms with Gasteiger partial charge < -0.3 is 4.90 Å². The maximum atomic E-state index is 12.5. The van der Waals surface area contributed by atoms with Crippen molar-refractivity contribution in [1.29, 1.82) is 0 Å². The van der Waals surface area contributed by atoms with Crippen molar-refractivity contribution < 1.29 is 13.2 Å². The molecule has 0 saturated carbocycles. The molecule has 6 heteroatoms. The van der Waals surface area contributed by atoms with Crippen molar-refractivity contribution in [3.8, 4) is 0 Å². The van der Waals surface area contributed by atoms with E-state index in [1.165, 1.54) is 0 Å². The first-order valence-corrected chi connectivity index (χ1v) is 10.1. The maximum Gasteiger partial charge on any atom is 0.240 e. The van der Waals surface area contributed by atoms with Crippen molar-refractivity contribution in [2.24, 2.45) is 0 Å². The summed E-state index contributed by atoms with van der Waals surface area (Å²) in [6.07, 6.45) is 0.109. The Kier molecular flexibility index (Phi) is 6.56. The lowest BCUT2D eigenvalue weighted by atomic mass is 10.1. The van der Waals surface area contributed by atoms with Gasteiger partial charge in [0.05, 0.1) is 10.9 Å². The quantitative estimate of drug-likeness (QED) is 0.809. The molecule has 2 rings (SSSR count). The molecule has 1 amide bonds. The smallest absolute Gasteiger partial charge is 0.240 e. The second kappa shape index (κ2) is 8.47. The van der Waals surface area contributed by atoms with Crippen molar-refractivity contribution in [2.75, 3.05) is 13.6 Å². The summed E-state index contributed by atoms with van der Waals surface area (Å²) in [7, 11) is -1.89. The van der Waals surface area contributed by atoms with Crippen LogP contribution in [-0.2, 0) is 14.8 Å². The fourth-order valence-corrected chi connectivity index (χ4v) is 4.07. The number of carbonyl (C=O) groups is 1. The van der Waals surface area contributed by atoms with Crippen LogP contribution in [0, 0.1) is 13.8 Å². The second-order valence-electron chi connectivity index (χ2n) is 6.51. The molecule has 2 aromatic rings. The summed E-state index contributed by atoms with van der Waals surface area (Å²) in [6.45, 7) is 5.63. The van der Waals surface area contributed by atoms with Crippen molar-refractivity contribution >= 4 is 15.9 Å². The second-order valence-corrected chi connectivity index (χ2v) is 8.24. The molecule has 0 spiro atoms. The van der Waals surface area contributed by atoms with Gasteiger partial charge in [-0.2, -0.15) is 0 Å². The van der Waals surface area contributed by atoms with Gasteiger partial charge in [-0.25, -0.2) is 13.1 Å². The van der Waals surface area contributed by atoms with E-state index in [0.717, 1.165) is 11.1 Å². The first-order chi connectivity index (χ1) is 12.2. The molecule has 0 saturated heterocycles. The molecular weight excluding hydrogens is 348 g/mol. The van der Waals surface area contributed by atoms with Crippen LogP contribution in [0.15, 0.2) is 53.4 Å². The van der Waals surface area contributed by atoms with Crippen LogP contribution in [0.4, 0.5) is 0 Å². The van der Waals surface area contributed by atoms with Crippen molar-refractivity contribution in [1.82, 2.24) is 9.62 Å². The first kappa shape index (κ1) is 20.1. The summed E-state index contributed by atoms with van der Waals surface area (Å²) in [5.41, 5.74) is 2.60.